The van der Waals surface area contributed by atoms with Crippen LogP contribution in [0.4, 0.5) is 0 Å². The summed E-state index contributed by atoms with van der Waals surface area (Å²) in [5.74, 6) is 0.644. The maximum atomic E-state index is 9.58. The maximum Gasteiger partial charge on any atom is 0.244 e. The SMILES string of the molecule is CCCCc1[nH]nc2c1[C@]1(CCO[C@@H]1C)C(C#N)=C(N)O2. The Morgan fingerprint density at radius 1 is 1.57 bits per heavy atom. The van der Waals surface area contributed by atoms with Gasteiger partial charge in [-0.15, -0.1) is 5.10 Å². The fourth-order valence-corrected chi connectivity index (χ4v) is 3.48. The summed E-state index contributed by atoms with van der Waals surface area (Å²) in [5.41, 5.74) is 7.90. The van der Waals surface area contributed by atoms with Gasteiger partial charge in [-0.3, -0.25) is 5.10 Å². The zero-order valence-electron chi connectivity index (χ0n) is 12.4. The van der Waals surface area contributed by atoms with Crippen LogP contribution in [0.5, 0.6) is 5.88 Å². The number of aryl methyl sites for hydroxylation is 1. The summed E-state index contributed by atoms with van der Waals surface area (Å²) >= 11 is 0. The van der Waals surface area contributed by atoms with E-state index in [9.17, 15) is 5.26 Å². The first kappa shape index (κ1) is 14.0. The van der Waals surface area contributed by atoms with Crippen molar-refractivity contribution in [2.45, 2.75) is 51.0 Å². The van der Waals surface area contributed by atoms with E-state index < -0.39 is 5.41 Å². The van der Waals surface area contributed by atoms with Crippen molar-refractivity contribution in [3.05, 3.63) is 22.7 Å². The summed E-state index contributed by atoms with van der Waals surface area (Å²) in [7, 11) is 0. The molecule has 1 fully saturated rings. The van der Waals surface area contributed by atoms with Crippen LogP contribution in [0, 0.1) is 11.3 Å². The molecule has 0 unspecified atom stereocenters. The number of hydrogen-bond acceptors (Lipinski definition) is 5. The Balaban J connectivity index is 2.17. The number of fused-ring (bicyclic) bond motifs is 2. The van der Waals surface area contributed by atoms with Crippen molar-refractivity contribution >= 4 is 0 Å². The van der Waals surface area contributed by atoms with Crippen molar-refractivity contribution in [1.82, 2.24) is 10.2 Å². The molecule has 21 heavy (non-hydrogen) atoms. The molecule has 3 rings (SSSR count). The fourth-order valence-electron chi connectivity index (χ4n) is 3.48. The largest absolute Gasteiger partial charge is 0.420 e. The molecule has 1 spiro atoms. The normalized spacial score (nSPS) is 27.6. The van der Waals surface area contributed by atoms with Gasteiger partial charge in [0.25, 0.3) is 0 Å². The Bertz CT molecular complexity index is 628. The molecule has 0 bridgehead atoms. The monoisotopic (exact) mass is 288 g/mol. The van der Waals surface area contributed by atoms with Crippen LogP contribution < -0.4 is 10.5 Å². The summed E-state index contributed by atoms with van der Waals surface area (Å²) in [4.78, 5) is 0. The van der Waals surface area contributed by atoms with Gasteiger partial charge in [0, 0.05) is 12.3 Å². The third-order valence-electron chi connectivity index (χ3n) is 4.60. The molecule has 0 radical (unpaired) electrons. The number of H-pyrrole nitrogens is 1. The molecule has 0 amide bonds. The molecule has 1 aromatic rings. The van der Waals surface area contributed by atoms with Gasteiger partial charge in [0.1, 0.15) is 11.6 Å². The van der Waals surface area contributed by atoms with E-state index in [0.717, 1.165) is 36.9 Å². The summed E-state index contributed by atoms with van der Waals surface area (Å²) in [5, 5.41) is 16.9. The standard InChI is InChI=1S/C15H20N4O2/c1-3-4-5-11-12-14(19-18-11)21-13(17)10(8-16)15(12)6-7-20-9(15)2/h9H,3-7,17H2,1-2H3,(H,18,19)/t9-,15+/m1/s1. The molecule has 2 aliphatic rings. The highest BCUT2D eigenvalue weighted by Gasteiger charge is 2.54. The van der Waals surface area contributed by atoms with Crippen molar-refractivity contribution in [1.29, 1.82) is 5.26 Å². The number of unbranched alkanes of at least 4 members (excludes halogenated alkanes) is 1. The minimum atomic E-state index is -0.525. The smallest absolute Gasteiger partial charge is 0.244 e. The number of aromatic amines is 1. The van der Waals surface area contributed by atoms with Crippen LogP contribution in [-0.4, -0.2) is 22.9 Å². The van der Waals surface area contributed by atoms with Gasteiger partial charge < -0.3 is 15.2 Å². The molecular formula is C15H20N4O2. The minimum absolute atomic E-state index is 0.119. The minimum Gasteiger partial charge on any atom is -0.420 e. The number of rotatable bonds is 3. The number of nitriles is 1. The van der Waals surface area contributed by atoms with E-state index in [1.807, 2.05) is 6.92 Å². The van der Waals surface area contributed by atoms with E-state index in [0.29, 0.717) is 18.1 Å². The quantitative estimate of drug-likeness (QED) is 0.885. The van der Waals surface area contributed by atoms with Gasteiger partial charge in [0.15, 0.2) is 0 Å². The molecule has 1 aromatic heterocycles. The van der Waals surface area contributed by atoms with E-state index >= 15 is 0 Å². The van der Waals surface area contributed by atoms with E-state index in [-0.39, 0.29) is 12.0 Å². The van der Waals surface area contributed by atoms with Gasteiger partial charge in [-0.2, -0.15) is 5.26 Å². The van der Waals surface area contributed by atoms with Gasteiger partial charge in [-0.05, 0) is 26.2 Å². The highest BCUT2D eigenvalue weighted by atomic mass is 16.5. The number of nitrogens with two attached hydrogens (primary N) is 1. The van der Waals surface area contributed by atoms with Gasteiger partial charge in [0.05, 0.1) is 17.1 Å². The molecule has 0 saturated carbocycles. The predicted octanol–water partition coefficient (Wildman–Crippen LogP) is 1.89. The lowest BCUT2D eigenvalue weighted by atomic mass is 9.68. The van der Waals surface area contributed by atoms with E-state index in [1.54, 1.807) is 0 Å². The Kier molecular flexibility index (Phi) is 3.38. The van der Waals surface area contributed by atoms with Crippen molar-refractivity contribution in [2.75, 3.05) is 6.61 Å². The second-order valence-corrected chi connectivity index (χ2v) is 5.67. The first-order chi connectivity index (χ1) is 10.1. The molecule has 3 heterocycles. The van der Waals surface area contributed by atoms with Crippen LogP contribution in [-0.2, 0) is 16.6 Å². The average Bonchev–Trinajstić information content (AvgIpc) is 3.02. The van der Waals surface area contributed by atoms with Crippen LogP contribution in [0.15, 0.2) is 11.5 Å². The van der Waals surface area contributed by atoms with Crippen molar-refractivity contribution in [3.63, 3.8) is 0 Å². The Morgan fingerprint density at radius 3 is 3.00 bits per heavy atom. The molecule has 1 saturated heterocycles. The molecule has 3 N–H and O–H groups in total. The van der Waals surface area contributed by atoms with Gasteiger partial charge in [-0.25, -0.2) is 0 Å². The number of nitrogens with one attached hydrogen (secondary N) is 1. The summed E-state index contributed by atoms with van der Waals surface area (Å²) in [6, 6.07) is 2.24. The molecule has 2 aliphatic heterocycles. The molecule has 6 nitrogen and oxygen atoms in total. The third kappa shape index (κ3) is 1.84. The van der Waals surface area contributed by atoms with Gasteiger partial charge >= 0.3 is 0 Å². The zero-order chi connectivity index (χ0) is 15.0. The first-order valence-corrected chi connectivity index (χ1v) is 7.42. The van der Waals surface area contributed by atoms with Crippen LogP contribution in [0.25, 0.3) is 0 Å². The van der Waals surface area contributed by atoms with Crippen LogP contribution >= 0.6 is 0 Å². The summed E-state index contributed by atoms with van der Waals surface area (Å²) < 4.78 is 11.3. The Morgan fingerprint density at radius 2 is 2.38 bits per heavy atom. The molecule has 2 atom stereocenters. The van der Waals surface area contributed by atoms with Crippen LogP contribution in [0.1, 0.15) is 44.4 Å². The predicted molar refractivity (Wildman–Crippen MR) is 76.4 cm³/mol. The average molecular weight is 288 g/mol. The van der Waals surface area contributed by atoms with Crippen molar-refractivity contribution in [3.8, 4) is 11.9 Å². The highest BCUT2D eigenvalue weighted by Crippen LogP contribution is 2.51. The Hall–Kier alpha value is -2.00. The maximum absolute atomic E-state index is 9.58. The number of hydrogen-bond donors (Lipinski definition) is 2. The number of ether oxygens (including phenoxy) is 2. The fraction of sp³-hybridized carbons (Fsp3) is 0.600. The van der Waals surface area contributed by atoms with Gasteiger partial charge in [0.2, 0.25) is 11.8 Å². The second-order valence-electron chi connectivity index (χ2n) is 5.67. The highest BCUT2D eigenvalue weighted by molar-refractivity contribution is 5.56. The van der Waals surface area contributed by atoms with E-state index in [1.165, 1.54) is 0 Å². The summed E-state index contributed by atoms with van der Waals surface area (Å²) in [6.07, 6.45) is 3.64. The van der Waals surface area contributed by atoms with Crippen LogP contribution in [0.2, 0.25) is 0 Å². The molecule has 6 heteroatoms. The number of aromatic nitrogens is 2. The summed E-state index contributed by atoms with van der Waals surface area (Å²) in [6.45, 7) is 4.75. The molecule has 112 valence electrons. The van der Waals surface area contributed by atoms with Crippen molar-refractivity contribution < 1.29 is 9.47 Å². The molecule has 0 aromatic carbocycles. The number of nitrogens with zero attached hydrogens (tertiary/aromatic N) is 2. The van der Waals surface area contributed by atoms with E-state index in [2.05, 4.69) is 23.2 Å². The molecular weight excluding hydrogens is 268 g/mol. The lowest BCUT2D eigenvalue weighted by molar-refractivity contribution is 0.0996. The first-order valence-electron chi connectivity index (χ1n) is 7.42. The second kappa shape index (κ2) is 5.08. The van der Waals surface area contributed by atoms with E-state index in [4.69, 9.17) is 15.2 Å². The zero-order valence-corrected chi connectivity index (χ0v) is 12.4. The van der Waals surface area contributed by atoms with Crippen molar-refractivity contribution in [2.24, 2.45) is 5.73 Å². The topological polar surface area (TPSA) is 97.0 Å². The lowest BCUT2D eigenvalue weighted by Gasteiger charge is -2.35. The van der Waals surface area contributed by atoms with Gasteiger partial charge in [-0.1, -0.05) is 13.3 Å². The molecule has 0 aliphatic carbocycles. The van der Waals surface area contributed by atoms with Crippen LogP contribution in [0.3, 0.4) is 0 Å². The Labute approximate surface area is 123 Å². The lowest BCUT2D eigenvalue weighted by Crippen LogP contribution is -2.41. The third-order valence-corrected chi connectivity index (χ3v) is 4.60.